The molecule has 118 valence electrons. The van der Waals surface area contributed by atoms with Crippen molar-refractivity contribution in [1.82, 2.24) is 14.8 Å². The van der Waals surface area contributed by atoms with Gasteiger partial charge in [-0.05, 0) is 31.0 Å². The van der Waals surface area contributed by atoms with Crippen LogP contribution >= 0.6 is 24.0 Å². The zero-order valence-corrected chi connectivity index (χ0v) is 14.7. The van der Waals surface area contributed by atoms with E-state index in [0.29, 0.717) is 24.4 Å². The van der Waals surface area contributed by atoms with Gasteiger partial charge in [0.1, 0.15) is 5.82 Å². The zero-order chi connectivity index (χ0) is 14.5. The number of guanidine groups is 1. The summed E-state index contributed by atoms with van der Waals surface area (Å²) in [6, 6.07) is 8.17. The summed E-state index contributed by atoms with van der Waals surface area (Å²) in [5, 5.41) is 7.54. The molecule has 0 amide bonds. The van der Waals surface area contributed by atoms with E-state index in [4.69, 9.17) is 5.73 Å². The molecule has 0 unspecified atom stereocenters. The molecule has 0 atom stereocenters. The molecular formula is C15H21IN6. The topological polar surface area (TPSA) is 81.1 Å². The second kappa shape index (κ2) is 8.11. The summed E-state index contributed by atoms with van der Waals surface area (Å²) in [5.41, 5.74) is 6.78. The van der Waals surface area contributed by atoms with Gasteiger partial charge in [0.05, 0.1) is 18.3 Å². The molecule has 0 bridgehead atoms. The molecule has 6 nitrogen and oxygen atoms in total. The quantitative estimate of drug-likeness (QED) is 0.460. The van der Waals surface area contributed by atoms with E-state index in [1.54, 1.807) is 6.20 Å². The summed E-state index contributed by atoms with van der Waals surface area (Å²) < 4.78 is 2.07. The molecule has 1 fully saturated rings. The first-order valence-electron chi connectivity index (χ1n) is 7.33. The Morgan fingerprint density at radius 1 is 1.32 bits per heavy atom. The molecule has 2 aromatic heterocycles. The summed E-state index contributed by atoms with van der Waals surface area (Å²) >= 11 is 0. The second-order valence-electron chi connectivity index (χ2n) is 5.27. The minimum absolute atomic E-state index is 0. The third-order valence-electron chi connectivity index (χ3n) is 3.69. The van der Waals surface area contributed by atoms with Crippen LogP contribution in [0.15, 0.2) is 41.7 Å². The fraction of sp³-hybridized carbons (Fsp3) is 0.400. The highest BCUT2D eigenvalue weighted by Crippen LogP contribution is 2.28. The van der Waals surface area contributed by atoms with Crippen LogP contribution in [0.3, 0.4) is 0 Å². The van der Waals surface area contributed by atoms with Crippen molar-refractivity contribution in [2.45, 2.75) is 38.3 Å². The van der Waals surface area contributed by atoms with Crippen LogP contribution in [-0.2, 0) is 6.54 Å². The van der Waals surface area contributed by atoms with Crippen LogP contribution in [0.2, 0.25) is 0 Å². The molecule has 1 saturated carbocycles. The number of rotatable bonds is 4. The molecule has 0 aromatic carbocycles. The molecular weight excluding hydrogens is 391 g/mol. The third-order valence-corrected chi connectivity index (χ3v) is 3.69. The Labute approximate surface area is 147 Å². The molecule has 0 radical (unpaired) electrons. The van der Waals surface area contributed by atoms with Crippen LogP contribution in [-0.4, -0.2) is 20.7 Å². The zero-order valence-electron chi connectivity index (χ0n) is 12.4. The Bertz CT molecular complexity index is 604. The maximum Gasteiger partial charge on any atom is 0.194 e. The maximum absolute atomic E-state index is 5.85. The third kappa shape index (κ3) is 4.43. The minimum atomic E-state index is 0. The smallest absolute Gasteiger partial charge is 0.194 e. The SMILES string of the molecule is I.NC(=NCc1ccn(C2CCCC2)n1)Nc1ccccn1. The molecule has 0 spiro atoms. The minimum Gasteiger partial charge on any atom is -0.370 e. The first kappa shape index (κ1) is 16.7. The number of nitrogens with two attached hydrogens (primary N) is 1. The van der Waals surface area contributed by atoms with Gasteiger partial charge in [-0.1, -0.05) is 18.9 Å². The highest BCUT2D eigenvalue weighted by atomic mass is 127. The highest BCUT2D eigenvalue weighted by molar-refractivity contribution is 14.0. The monoisotopic (exact) mass is 412 g/mol. The van der Waals surface area contributed by atoms with Crippen molar-refractivity contribution in [2.75, 3.05) is 5.32 Å². The lowest BCUT2D eigenvalue weighted by Gasteiger charge is -2.08. The largest absolute Gasteiger partial charge is 0.370 e. The Balaban J connectivity index is 0.00000176. The van der Waals surface area contributed by atoms with E-state index in [1.807, 2.05) is 30.5 Å². The van der Waals surface area contributed by atoms with Crippen LogP contribution in [0.4, 0.5) is 5.82 Å². The lowest BCUT2D eigenvalue weighted by molar-refractivity contribution is 0.463. The summed E-state index contributed by atoms with van der Waals surface area (Å²) in [6.07, 6.45) is 8.82. The van der Waals surface area contributed by atoms with Crippen molar-refractivity contribution < 1.29 is 0 Å². The van der Waals surface area contributed by atoms with E-state index in [1.165, 1.54) is 25.7 Å². The van der Waals surface area contributed by atoms with Gasteiger partial charge in [0.15, 0.2) is 5.96 Å². The number of halogens is 1. The summed E-state index contributed by atoms with van der Waals surface area (Å²) in [4.78, 5) is 8.44. The average Bonchev–Trinajstić information content (AvgIpc) is 3.17. The van der Waals surface area contributed by atoms with Crippen LogP contribution in [0.1, 0.15) is 37.4 Å². The summed E-state index contributed by atoms with van der Waals surface area (Å²) in [6.45, 7) is 0.478. The van der Waals surface area contributed by atoms with Crippen molar-refractivity contribution in [3.05, 3.63) is 42.4 Å². The van der Waals surface area contributed by atoms with Gasteiger partial charge in [0.2, 0.25) is 0 Å². The van der Waals surface area contributed by atoms with E-state index in [2.05, 4.69) is 25.1 Å². The number of anilines is 1. The van der Waals surface area contributed by atoms with Crippen molar-refractivity contribution in [2.24, 2.45) is 10.7 Å². The van der Waals surface area contributed by atoms with Gasteiger partial charge in [-0.25, -0.2) is 9.98 Å². The van der Waals surface area contributed by atoms with Gasteiger partial charge < -0.3 is 11.1 Å². The fourth-order valence-electron chi connectivity index (χ4n) is 2.61. The molecule has 3 rings (SSSR count). The first-order valence-corrected chi connectivity index (χ1v) is 7.33. The van der Waals surface area contributed by atoms with E-state index >= 15 is 0 Å². The van der Waals surface area contributed by atoms with Crippen LogP contribution in [0, 0.1) is 0 Å². The van der Waals surface area contributed by atoms with Crippen molar-refractivity contribution >= 4 is 35.8 Å². The lowest BCUT2D eigenvalue weighted by Crippen LogP contribution is -2.23. The van der Waals surface area contributed by atoms with Crippen LogP contribution in [0.5, 0.6) is 0 Å². The van der Waals surface area contributed by atoms with E-state index in [0.717, 1.165) is 5.69 Å². The van der Waals surface area contributed by atoms with Crippen LogP contribution in [0.25, 0.3) is 0 Å². The Morgan fingerprint density at radius 3 is 2.86 bits per heavy atom. The number of hydrogen-bond acceptors (Lipinski definition) is 3. The second-order valence-corrected chi connectivity index (χ2v) is 5.27. The molecule has 2 heterocycles. The van der Waals surface area contributed by atoms with Crippen molar-refractivity contribution in [3.63, 3.8) is 0 Å². The lowest BCUT2D eigenvalue weighted by atomic mass is 10.3. The van der Waals surface area contributed by atoms with Gasteiger partial charge in [-0.3, -0.25) is 4.68 Å². The Kier molecular flexibility index (Phi) is 6.17. The van der Waals surface area contributed by atoms with E-state index in [9.17, 15) is 0 Å². The summed E-state index contributed by atoms with van der Waals surface area (Å²) in [7, 11) is 0. The predicted molar refractivity (Wildman–Crippen MR) is 98.3 cm³/mol. The van der Waals surface area contributed by atoms with E-state index < -0.39 is 0 Å². The van der Waals surface area contributed by atoms with Crippen molar-refractivity contribution in [1.29, 1.82) is 0 Å². The Hall–Kier alpha value is -1.64. The molecule has 0 saturated heterocycles. The van der Waals surface area contributed by atoms with Gasteiger partial charge >= 0.3 is 0 Å². The maximum atomic E-state index is 5.85. The van der Waals surface area contributed by atoms with Gasteiger partial charge in [0, 0.05) is 12.4 Å². The van der Waals surface area contributed by atoms with E-state index in [-0.39, 0.29) is 24.0 Å². The molecule has 1 aliphatic carbocycles. The summed E-state index contributed by atoms with van der Waals surface area (Å²) in [5.74, 6) is 1.04. The molecule has 22 heavy (non-hydrogen) atoms. The predicted octanol–water partition coefficient (Wildman–Crippen LogP) is 2.94. The standard InChI is InChI=1S/C15H20N6.HI/c16-15(19-14-7-3-4-9-17-14)18-11-12-8-10-21(20-12)13-5-1-2-6-13;/h3-4,7-10,13H,1-2,5-6,11H2,(H3,16,17,18,19);1H. The van der Waals surface area contributed by atoms with Gasteiger partial charge in [-0.15, -0.1) is 24.0 Å². The number of aliphatic imine (C=N–C) groups is 1. The van der Waals surface area contributed by atoms with Gasteiger partial charge in [0.25, 0.3) is 0 Å². The molecule has 7 heteroatoms. The molecule has 0 aliphatic heterocycles. The number of pyridine rings is 1. The fourth-order valence-corrected chi connectivity index (χ4v) is 2.61. The first-order chi connectivity index (χ1) is 10.3. The Morgan fingerprint density at radius 2 is 2.14 bits per heavy atom. The normalized spacial score (nSPS) is 15.5. The van der Waals surface area contributed by atoms with Gasteiger partial charge in [-0.2, -0.15) is 5.10 Å². The highest BCUT2D eigenvalue weighted by Gasteiger charge is 2.17. The molecule has 2 aromatic rings. The molecule has 1 aliphatic rings. The number of nitrogens with zero attached hydrogens (tertiary/aromatic N) is 4. The number of hydrogen-bond donors (Lipinski definition) is 2. The number of aromatic nitrogens is 3. The number of nitrogens with one attached hydrogen (secondary N) is 1. The average molecular weight is 412 g/mol. The molecule has 3 N–H and O–H groups in total. The van der Waals surface area contributed by atoms with Crippen molar-refractivity contribution in [3.8, 4) is 0 Å². The van der Waals surface area contributed by atoms with Crippen LogP contribution < -0.4 is 11.1 Å².